The highest BCUT2D eigenvalue weighted by molar-refractivity contribution is 7.71. The highest BCUT2D eigenvalue weighted by atomic mass is 32.1. The Morgan fingerprint density at radius 1 is 0.750 bits per heavy atom. The fourth-order valence-corrected chi connectivity index (χ4v) is 5.34. The molecule has 0 amide bonds. The van der Waals surface area contributed by atoms with Crippen molar-refractivity contribution < 1.29 is 0 Å². The number of hydrogen-bond donors (Lipinski definition) is 0. The summed E-state index contributed by atoms with van der Waals surface area (Å²) in [5.74, 6) is 0.450. The van der Waals surface area contributed by atoms with Gasteiger partial charge in [0.15, 0.2) is 5.82 Å². The Labute approximate surface area is 217 Å². The van der Waals surface area contributed by atoms with Crippen LogP contribution in [0.25, 0.3) is 5.69 Å². The highest BCUT2D eigenvalue weighted by Crippen LogP contribution is 2.30. The molecule has 1 fully saturated rings. The van der Waals surface area contributed by atoms with Crippen molar-refractivity contribution in [3.05, 3.63) is 128 Å². The van der Waals surface area contributed by atoms with Crippen molar-refractivity contribution in [2.45, 2.75) is 19.9 Å². The van der Waals surface area contributed by atoms with E-state index in [0.717, 1.165) is 24.5 Å². The summed E-state index contributed by atoms with van der Waals surface area (Å²) in [6.07, 6.45) is 0. The van der Waals surface area contributed by atoms with Crippen LogP contribution in [0.4, 0.5) is 5.82 Å². The van der Waals surface area contributed by atoms with E-state index in [4.69, 9.17) is 17.2 Å². The van der Waals surface area contributed by atoms with E-state index in [1.807, 2.05) is 48.7 Å². The van der Waals surface area contributed by atoms with E-state index in [1.165, 1.54) is 11.1 Å². The first-order valence-corrected chi connectivity index (χ1v) is 12.7. The van der Waals surface area contributed by atoms with Crippen molar-refractivity contribution in [1.29, 1.82) is 0 Å². The van der Waals surface area contributed by atoms with Crippen molar-refractivity contribution in [1.82, 2.24) is 14.5 Å². The number of nitrogens with zero attached hydrogens (tertiary/aromatic N) is 4. The smallest absolute Gasteiger partial charge is 0.225 e. The summed E-state index contributed by atoms with van der Waals surface area (Å²) in [5.41, 5.74) is 4.90. The predicted molar refractivity (Wildman–Crippen MR) is 149 cm³/mol. The normalized spacial score (nSPS) is 14.2. The van der Waals surface area contributed by atoms with E-state index in [2.05, 4.69) is 70.5 Å². The molecule has 0 radical (unpaired) electrons. The minimum Gasteiger partial charge on any atom is -0.351 e. The molecule has 1 saturated heterocycles. The Kier molecular flexibility index (Phi) is 7.07. The standard InChI is InChI=1S/C30H30N4OS/c1-22-23(2)34(26-16-10-5-11-17-26)30(36)31-29(28(22)35)33-20-18-32(19-21-33)27(24-12-6-3-7-13-24)25-14-8-4-9-15-25/h3-17,27H,18-21H2,1-2H3. The largest absolute Gasteiger partial charge is 0.351 e. The molecule has 1 aliphatic rings. The Morgan fingerprint density at radius 3 is 1.78 bits per heavy atom. The third kappa shape index (κ3) is 4.74. The zero-order valence-corrected chi connectivity index (χ0v) is 21.5. The maximum atomic E-state index is 13.5. The van der Waals surface area contributed by atoms with Gasteiger partial charge in [-0.2, -0.15) is 4.98 Å². The molecule has 5 nitrogen and oxygen atoms in total. The second-order valence-corrected chi connectivity index (χ2v) is 9.54. The lowest BCUT2D eigenvalue weighted by molar-refractivity contribution is 0.212. The fraction of sp³-hybridized carbons (Fsp3) is 0.233. The number of piperazine rings is 1. The van der Waals surface area contributed by atoms with Gasteiger partial charge in [-0.3, -0.25) is 14.3 Å². The summed E-state index contributed by atoms with van der Waals surface area (Å²) >= 11 is 5.73. The Morgan fingerprint density at radius 2 is 1.25 bits per heavy atom. The summed E-state index contributed by atoms with van der Waals surface area (Å²) in [6.45, 7) is 6.86. The van der Waals surface area contributed by atoms with Gasteiger partial charge >= 0.3 is 0 Å². The number of anilines is 1. The van der Waals surface area contributed by atoms with Crippen molar-refractivity contribution in [3.63, 3.8) is 0 Å². The van der Waals surface area contributed by atoms with E-state index in [9.17, 15) is 4.79 Å². The quantitative estimate of drug-likeness (QED) is 0.343. The maximum Gasteiger partial charge on any atom is 0.225 e. The maximum absolute atomic E-state index is 13.5. The van der Waals surface area contributed by atoms with Crippen LogP contribution in [0.1, 0.15) is 28.4 Å². The number of rotatable bonds is 5. The molecule has 36 heavy (non-hydrogen) atoms. The second kappa shape index (κ2) is 10.6. The molecule has 5 rings (SSSR count). The lowest BCUT2D eigenvalue weighted by atomic mass is 9.96. The fourth-order valence-electron chi connectivity index (χ4n) is 5.01. The van der Waals surface area contributed by atoms with Crippen LogP contribution >= 0.6 is 12.2 Å². The van der Waals surface area contributed by atoms with Gasteiger partial charge in [-0.1, -0.05) is 78.9 Å². The minimum atomic E-state index is -0.0515. The molecule has 0 saturated carbocycles. The summed E-state index contributed by atoms with van der Waals surface area (Å²) in [6, 6.07) is 31.3. The average Bonchev–Trinajstić information content (AvgIpc) is 3.01. The van der Waals surface area contributed by atoms with E-state index < -0.39 is 0 Å². The molecule has 0 N–H and O–H groups in total. The van der Waals surface area contributed by atoms with Crippen LogP contribution in [0.3, 0.4) is 0 Å². The van der Waals surface area contributed by atoms with Crippen LogP contribution in [-0.2, 0) is 0 Å². The third-order valence-electron chi connectivity index (χ3n) is 7.04. The third-order valence-corrected chi connectivity index (χ3v) is 7.31. The van der Waals surface area contributed by atoms with E-state index in [0.29, 0.717) is 29.2 Å². The van der Waals surface area contributed by atoms with E-state index in [-0.39, 0.29) is 11.5 Å². The Balaban J connectivity index is 1.46. The number of benzene rings is 3. The summed E-state index contributed by atoms with van der Waals surface area (Å²) in [5, 5.41) is 0. The average molecular weight is 495 g/mol. The molecule has 0 unspecified atom stereocenters. The van der Waals surface area contributed by atoms with Gasteiger partial charge in [-0.05, 0) is 49.3 Å². The number of hydrogen-bond acceptors (Lipinski definition) is 5. The van der Waals surface area contributed by atoms with Gasteiger partial charge in [0.2, 0.25) is 10.2 Å². The van der Waals surface area contributed by atoms with Gasteiger partial charge in [0.1, 0.15) is 0 Å². The van der Waals surface area contributed by atoms with Gasteiger partial charge in [0.05, 0.1) is 6.04 Å². The molecule has 4 aromatic rings. The van der Waals surface area contributed by atoms with Crippen LogP contribution in [0.2, 0.25) is 0 Å². The van der Waals surface area contributed by atoms with E-state index in [1.54, 1.807) is 0 Å². The minimum absolute atomic E-state index is 0.0515. The van der Waals surface area contributed by atoms with Crippen LogP contribution < -0.4 is 10.3 Å². The van der Waals surface area contributed by atoms with Crippen molar-refractivity contribution in [2.75, 3.05) is 31.1 Å². The zero-order valence-electron chi connectivity index (χ0n) is 20.7. The topological polar surface area (TPSA) is 41.4 Å². The molecular formula is C30H30N4OS. The van der Waals surface area contributed by atoms with Gasteiger partial charge < -0.3 is 4.90 Å². The summed E-state index contributed by atoms with van der Waals surface area (Å²) < 4.78 is 2.29. The molecule has 0 atom stereocenters. The van der Waals surface area contributed by atoms with Crippen molar-refractivity contribution >= 4 is 18.0 Å². The summed E-state index contributed by atoms with van der Waals surface area (Å²) in [4.78, 5) is 22.8. The predicted octanol–water partition coefficient (Wildman–Crippen LogP) is 5.49. The number of para-hydroxylation sites is 1. The monoisotopic (exact) mass is 494 g/mol. The molecule has 3 aromatic carbocycles. The van der Waals surface area contributed by atoms with Gasteiger partial charge in [0.25, 0.3) is 0 Å². The molecule has 1 aromatic heterocycles. The van der Waals surface area contributed by atoms with Crippen LogP contribution in [0, 0.1) is 18.6 Å². The van der Waals surface area contributed by atoms with Gasteiger partial charge in [-0.15, -0.1) is 0 Å². The molecule has 1 aliphatic heterocycles. The van der Waals surface area contributed by atoms with Gasteiger partial charge in [-0.25, -0.2) is 0 Å². The molecule has 0 spiro atoms. The molecular weight excluding hydrogens is 464 g/mol. The SMILES string of the molecule is Cc1c(C)n(-c2ccccc2)c(=S)nc(N2CCN(C(c3ccccc3)c3ccccc3)CC2)c1=O. The first kappa shape index (κ1) is 24.1. The van der Waals surface area contributed by atoms with Crippen LogP contribution in [-0.4, -0.2) is 40.6 Å². The first-order valence-electron chi connectivity index (χ1n) is 12.3. The van der Waals surface area contributed by atoms with E-state index >= 15 is 0 Å². The lowest BCUT2D eigenvalue weighted by Gasteiger charge is -2.40. The van der Waals surface area contributed by atoms with Crippen molar-refractivity contribution in [2.24, 2.45) is 0 Å². The molecule has 2 heterocycles. The zero-order chi connectivity index (χ0) is 25.1. The Hall–Kier alpha value is -3.61. The first-order chi connectivity index (χ1) is 17.5. The van der Waals surface area contributed by atoms with Crippen LogP contribution in [0.15, 0.2) is 95.8 Å². The van der Waals surface area contributed by atoms with Crippen molar-refractivity contribution in [3.8, 4) is 5.69 Å². The molecule has 0 bridgehead atoms. The molecule has 6 heteroatoms. The number of aromatic nitrogens is 2. The second-order valence-electron chi connectivity index (χ2n) is 9.18. The summed E-state index contributed by atoms with van der Waals surface area (Å²) in [7, 11) is 0. The van der Waals surface area contributed by atoms with Gasteiger partial charge in [0, 0.05) is 43.1 Å². The molecule has 182 valence electrons. The highest BCUT2D eigenvalue weighted by Gasteiger charge is 2.28. The van der Waals surface area contributed by atoms with Crippen LogP contribution in [0.5, 0.6) is 0 Å². The molecule has 0 aliphatic carbocycles. The lowest BCUT2D eigenvalue weighted by Crippen LogP contribution is -2.49. The Bertz CT molecular complexity index is 1410.